The van der Waals surface area contributed by atoms with Crippen molar-refractivity contribution in [2.75, 3.05) is 27.3 Å². The summed E-state index contributed by atoms with van der Waals surface area (Å²) >= 11 is 0. The van der Waals surface area contributed by atoms with E-state index in [4.69, 9.17) is 10.5 Å². The number of amidine groups is 1. The lowest BCUT2D eigenvalue weighted by Crippen LogP contribution is -2.43. The smallest absolute Gasteiger partial charge is 0.0970 e. The van der Waals surface area contributed by atoms with Crippen LogP contribution in [0.3, 0.4) is 0 Å². The third-order valence-corrected chi connectivity index (χ3v) is 4.11. The standard InChI is InChI=1S/C12H23N3O/c1-15-10-3-4-11(15)8-9(7-10)12(13)14-5-6-16-2/h9-11H,3-8H2,1-2H3,(H2,13,14). The van der Waals surface area contributed by atoms with Crippen LogP contribution in [0, 0.1) is 5.92 Å². The first-order valence-corrected chi connectivity index (χ1v) is 6.23. The van der Waals surface area contributed by atoms with Crippen LogP contribution in [0.4, 0.5) is 0 Å². The van der Waals surface area contributed by atoms with Gasteiger partial charge in [0.15, 0.2) is 0 Å². The van der Waals surface area contributed by atoms with Gasteiger partial charge in [-0.3, -0.25) is 4.99 Å². The molecule has 2 atom stereocenters. The number of hydrogen-bond acceptors (Lipinski definition) is 3. The van der Waals surface area contributed by atoms with Crippen molar-refractivity contribution in [2.24, 2.45) is 16.6 Å². The van der Waals surface area contributed by atoms with Gasteiger partial charge in [-0.05, 0) is 32.7 Å². The summed E-state index contributed by atoms with van der Waals surface area (Å²) in [6, 6.07) is 1.47. The number of piperidine rings is 1. The van der Waals surface area contributed by atoms with Crippen molar-refractivity contribution in [1.29, 1.82) is 0 Å². The van der Waals surface area contributed by atoms with E-state index in [-0.39, 0.29) is 0 Å². The van der Waals surface area contributed by atoms with Crippen molar-refractivity contribution in [2.45, 2.75) is 37.8 Å². The molecular weight excluding hydrogens is 202 g/mol. The SMILES string of the molecule is COCCN=C(N)C1CC2CCC(C1)N2C. The number of nitrogens with zero attached hydrogens (tertiary/aromatic N) is 2. The van der Waals surface area contributed by atoms with Gasteiger partial charge in [0, 0.05) is 25.1 Å². The summed E-state index contributed by atoms with van der Waals surface area (Å²) in [6.07, 6.45) is 5.05. The first-order valence-electron chi connectivity index (χ1n) is 6.23. The molecule has 0 aromatic carbocycles. The van der Waals surface area contributed by atoms with Gasteiger partial charge in [0.05, 0.1) is 19.0 Å². The second-order valence-corrected chi connectivity index (χ2v) is 5.02. The number of rotatable bonds is 4. The molecule has 0 radical (unpaired) electrons. The Morgan fingerprint density at radius 3 is 2.56 bits per heavy atom. The molecule has 2 N–H and O–H groups in total. The van der Waals surface area contributed by atoms with E-state index >= 15 is 0 Å². The van der Waals surface area contributed by atoms with Crippen LogP contribution in [0.2, 0.25) is 0 Å². The van der Waals surface area contributed by atoms with E-state index in [0.29, 0.717) is 19.1 Å². The van der Waals surface area contributed by atoms with Crippen LogP contribution in [0.1, 0.15) is 25.7 Å². The van der Waals surface area contributed by atoms with E-state index in [1.807, 2.05) is 0 Å². The molecule has 2 heterocycles. The lowest BCUT2D eigenvalue weighted by atomic mass is 9.90. The van der Waals surface area contributed by atoms with Crippen molar-refractivity contribution >= 4 is 5.84 Å². The van der Waals surface area contributed by atoms with Crippen LogP contribution in [-0.4, -0.2) is 50.1 Å². The minimum absolute atomic E-state index is 0.505. The molecule has 16 heavy (non-hydrogen) atoms. The van der Waals surface area contributed by atoms with Crippen molar-refractivity contribution in [3.8, 4) is 0 Å². The minimum atomic E-state index is 0.505. The lowest BCUT2D eigenvalue weighted by Gasteiger charge is -2.36. The number of methoxy groups -OCH3 is 1. The van der Waals surface area contributed by atoms with Crippen molar-refractivity contribution < 1.29 is 4.74 Å². The van der Waals surface area contributed by atoms with E-state index < -0.39 is 0 Å². The number of nitrogens with two attached hydrogens (primary N) is 1. The van der Waals surface area contributed by atoms with E-state index in [1.54, 1.807) is 7.11 Å². The van der Waals surface area contributed by atoms with Crippen molar-refractivity contribution in [3.05, 3.63) is 0 Å². The van der Waals surface area contributed by atoms with E-state index in [1.165, 1.54) is 25.7 Å². The number of aliphatic imine (C=N–C) groups is 1. The second kappa shape index (κ2) is 5.15. The number of ether oxygens (including phenoxy) is 1. The fourth-order valence-electron chi connectivity index (χ4n) is 3.05. The summed E-state index contributed by atoms with van der Waals surface area (Å²) in [5.41, 5.74) is 6.06. The van der Waals surface area contributed by atoms with Crippen LogP contribution in [0.5, 0.6) is 0 Å². The highest BCUT2D eigenvalue weighted by atomic mass is 16.5. The maximum absolute atomic E-state index is 6.06. The fraction of sp³-hybridized carbons (Fsp3) is 0.917. The van der Waals surface area contributed by atoms with Gasteiger partial charge in [-0.15, -0.1) is 0 Å². The Balaban J connectivity index is 1.89. The first kappa shape index (κ1) is 11.9. The average molecular weight is 225 g/mol. The summed E-state index contributed by atoms with van der Waals surface area (Å²) < 4.78 is 4.98. The Hall–Kier alpha value is -0.610. The topological polar surface area (TPSA) is 50.9 Å². The Morgan fingerprint density at radius 1 is 1.38 bits per heavy atom. The maximum atomic E-state index is 6.06. The molecule has 2 aliphatic rings. The molecule has 0 spiro atoms. The van der Waals surface area contributed by atoms with Crippen molar-refractivity contribution in [1.82, 2.24) is 4.90 Å². The van der Waals surface area contributed by atoms with Crippen LogP contribution in [0.15, 0.2) is 4.99 Å². The van der Waals surface area contributed by atoms with Gasteiger partial charge in [-0.25, -0.2) is 0 Å². The predicted molar refractivity (Wildman–Crippen MR) is 65.7 cm³/mol. The molecule has 2 aliphatic heterocycles. The summed E-state index contributed by atoms with van der Waals surface area (Å²) in [5, 5.41) is 0. The molecule has 4 heteroatoms. The van der Waals surface area contributed by atoms with Crippen LogP contribution in [0.25, 0.3) is 0 Å². The van der Waals surface area contributed by atoms with Gasteiger partial charge in [0.25, 0.3) is 0 Å². The molecule has 0 aliphatic carbocycles. The molecule has 0 amide bonds. The van der Waals surface area contributed by atoms with Gasteiger partial charge in [0.2, 0.25) is 0 Å². The van der Waals surface area contributed by atoms with Crippen LogP contribution < -0.4 is 5.73 Å². The lowest BCUT2D eigenvalue weighted by molar-refractivity contribution is 0.157. The molecule has 2 fully saturated rings. The van der Waals surface area contributed by atoms with Gasteiger partial charge >= 0.3 is 0 Å². The zero-order valence-corrected chi connectivity index (χ0v) is 10.4. The highest BCUT2D eigenvalue weighted by molar-refractivity contribution is 5.83. The summed E-state index contributed by atoms with van der Waals surface area (Å²) in [5.74, 6) is 1.35. The van der Waals surface area contributed by atoms with Crippen molar-refractivity contribution in [3.63, 3.8) is 0 Å². The Labute approximate surface area is 97.9 Å². The fourth-order valence-corrected chi connectivity index (χ4v) is 3.05. The number of fused-ring (bicyclic) bond motifs is 2. The van der Waals surface area contributed by atoms with E-state index in [9.17, 15) is 0 Å². The minimum Gasteiger partial charge on any atom is -0.387 e. The second-order valence-electron chi connectivity index (χ2n) is 5.02. The molecule has 2 unspecified atom stereocenters. The monoisotopic (exact) mass is 225 g/mol. The predicted octanol–water partition coefficient (Wildman–Crippen LogP) is 0.863. The number of hydrogen-bond donors (Lipinski definition) is 1. The molecule has 0 saturated carbocycles. The molecule has 2 bridgehead atoms. The van der Waals surface area contributed by atoms with E-state index in [2.05, 4.69) is 16.9 Å². The normalized spacial score (nSPS) is 35.6. The summed E-state index contributed by atoms with van der Waals surface area (Å²) in [6.45, 7) is 1.37. The van der Waals surface area contributed by atoms with Gasteiger partial charge < -0.3 is 15.4 Å². The molecule has 2 saturated heterocycles. The summed E-state index contributed by atoms with van der Waals surface area (Å²) in [7, 11) is 3.94. The first-order chi connectivity index (χ1) is 7.72. The summed E-state index contributed by atoms with van der Waals surface area (Å²) in [4.78, 5) is 6.94. The van der Waals surface area contributed by atoms with E-state index in [0.717, 1.165) is 17.9 Å². The van der Waals surface area contributed by atoms with Gasteiger partial charge in [0.1, 0.15) is 0 Å². The van der Waals surface area contributed by atoms with Gasteiger partial charge in [-0.2, -0.15) is 0 Å². The molecule has 2 rings (SSSR count). The molecular formula is C12H23N3O. The highest BCUT2D eigenvalue weighted by Gasteiger charge is 2.39. The quantitative estimate of drug-likeness (QED) is 0.439. The Morgan fingerprint density at radius 2 is 2.00 bits per heavy atom. The molecule has 92 valence electrons. The third-order valence-electron chi connectivity index (χ3n) is 4.11. The van der Waals surface area contributed by atoms with Gasteiger partial charge in [-0.1, -0.05) is 0 Å². The Bertz CT molecular complexity index is 253. The largest absolute Gasteiger partial charge is 0.387 e. The Kier molecular flexibility index (Phi) is 3.82. The van der Waals surface area contributed by atoms with Crippen LogP contribution in [-0.2, 0) is 4.74 Å². The zero-order valence-electron chi connectivity index (χ0n) is 10.4. The molecule has 4 nitrogen and oxygen atoms in total. The molecule has 0 aromatic heterocycles. The average Bonchev–Trinajstić information content (AvgIpc) is 2.53. The zero-order chi connectivity index (χ0) is 11.5. The molecule has 0 aromatic rings. The third kappa shape index (κ3) is 2.38. The highest BCUT2D eigenvalue weighted by Crippen LogP contribution is 2.37. The maximum Gasteiger partial charge on any atom is 0.0970 e. The van der Waals surface area contributed by atoms with Crippen LogP contribution >= 0.6 is 0 Å².